The molecular formula is C20H7ClF10O2. The Kier molecular flexibility index (Phi) is 6.42. The molecule has 0 aliphatic heterocycles. The van der Waals surface area contributed by atoms with Crippen LogP contribution in [0.15, 0.2) is 42.5 Å². The minimum atomic E-state index is -5.27. The molecule has 33 heavy (non-hydrogen) atoms. The fourth-order valence-electron chi connectivity index (χ4n) is 2.77. The van der Waals surface area contributed by atoms with Gasteiger partial charge in [0.05, 0.1) is 5.56 Å². The van der Waals surface area contributed by atoms with Crippen LogP contribution < -0.4 is 9.47 Å². The first-order chi connectivity index (χ1) is 15.2. The number of halogens is 11. The second-order valence-electron chi connectivity index (χ2n) is 6.32. The number of alkyl halides is 5. The van der Waals surface area contributed by atoms with Gasteiger partial charge in [0, 0.05) is 11.1 Å². The average Bonchev–Trinajstić information content (AvgIpc) is 2.61. The Morgan fingerprint density at radius 3 is 1.67 bits per heavy atom. The van der Waals surface area contributed by atoms with E-state index in [0.29, 0.717) is 24.3 Å². The molecular weight excluding hydrogens is 498 g/mol. The fraction of sp³-hybridized carbons (Fsp3) is 0.100. The molecule has 13 heteroatoms. The molecule has 0 amide bonds. The number of benzene rings is 3. The Hall–Kier alpha value is -3.15. The smallest absolute Gasteiger partial charge is 0.429 e. The van der Waals surface area contributed by atoms with Gasteiger partial charge in [-0.3, -0.25) is 0 Å². The second-order valence-corrected chi connectivity index (χ2v) is 6.75. The van der Waals surface area contributed by atoms with Crippen molar-refractivity contribution in [3.63, 3.8) is 0 Å². The molecule has 3 rings (SSSR count). The van der Waals surface area contributed by atoms with Crippen molar-refractivity contribution in [2.24, 2.45) is 0 Å². The molecule has 0 aromatic heterocycles. The first kappa shape index (κ1) is 24.5. The van der Waals surface area contributed by atoms with Gasteiger partial charge in [-0.15, -0.1) is 13.2 Å². The van der Waals surface area contributed by atoms with Gasteiger partial charge in [0.25, 0.3) is 0 Å². The van der Waals surface area contributed by atoms with Crippen molar-refractivity contribution in [2.45, 2.75) is 12.5 Å². The highest BCUT2D eigenvalue weighted by molar-refractivity contribution is 6.30. The van der Waals surface area contributed by atoms with E-state index in [1.54, 1.807) is 0 Å². The molecule has 2 nitrogen and oxygen atoms in total. The summed E-state index contributed by atoms with van der Waals surface area (Å²) in [5.41, 5.74) is -3.73. The van der Waals surface area contributed by atoms with Crippen LogP contribution >= 0.6 is 11.6 Å². The normalized spacial score (nSPS) is 12.1. The zero-order valence-corrected chi connectivity index (χ0v) is 16.3. The van der Waals surface area contributed by atoms with Crippen LogP contribution in [-0.2, 0) is 6.11 Å². The van der Waals surface area contributed by atoms with E-state index in [1.165, 1.54) is 0 Å². The number of rotatable bonds is 5. The van der Waals surface area contributed by atoms with Crippen LogP contribution in [0.5, 0.6) is 11.5 Å². The van der Waals surface area contributed by atoms with E-state index in [1.807, 2.05) is 0 Å². The third-order valence-corrected chi connectivity index (χ3v) is 4.22. The maximum Gasteiger partial charge on any atom is 0.573 e. The fourth-order valence-corrected chi connectivity index (χ4v) is 2.96. The summed E-state index contributed by atoms with van der Waals surface area (Å²) in [6.07, 6.45) is -10.1. The first-order valence-electron chi connectivity index (χ1n) is 8.44. The van der Waals surface area contributed by atoms with Crippen molar-refractivity contribution < 1.29 is 53.4 Å². The molecule has 0 bridgehead atoms. The van der Waals surface area contributed by atoms with Gasteiger partial charge in [-0.2, -0.15) is 8.78 Å². The summed E-state index contributed by atoms with van der Waals surface area (Å²) >= 11 is 5.45. The molecule has 0 fully saturated rings. The van der Waals surface area contributed by atoms with Crippen molar-refractivity contribution in [2.75, 3.05) is 0 Å². The zero-order valence-electron chi connectivity index (χ0n) is 15.5. The monoisotopic (exact) mass is 504 g/mol. The van der Waals surface area contributed by atoms with E-state index < -0.39 is 69.7 Å². The van der Waals surface area contributed by atoms with Gasteiger partial charge in [-0.1, -0.05) is 11.6 Å². The van der Waals surface area contributed by atoms with Crippen LogP contribution in [0.4, 0.5) is 43.9 Å². The van der Waals surface area contributed by atoms with Gasteiger partial charge in [-0.25, -0.2) is 22.0 Å². The molecule has 0 spiro atoms. The molecule has 0 N–H and O–H groups in total. The zero-order chi connectivity index (χ0) is 24.7. The molecule has 0 unspecified atom stereocenters. The Balaban J connectivity index is 1.95. The lowest BCUT2D eigenvalue weighted by molar-refractivity contribution is -0.275. The summed E-state index contributed by atoms with van der Waals surface area (Å²) in [5.74, 6) is -10.9. The molecule has 0 radical (unpaired) electrons. The predicted octanol–water partition coefficient (Wildman–Crippen LogP) is 7.73. The molecule has 0 aliphatic rings. The Morgan fingerprint density at radius 2 is 1.18 bits per heavy atom. The maximum atomic E-state index is 14.4. The van der Waals surface area contributed by atoms with Crippen molar-refractivity contribution in [1.29, 1.82) is 0 Å². The molecule has 0 atom stereocenters. The van der Waals surface area contributed by atoms with Crippen LogP contribution in [0.1, 0.15) is 5.56 Å². The van der Waals surface area contributed by atoms with E-state index in [9.17, 15) is 43.9 Å². The van der Waals surface area contributed by atoms with E-state index in [4.69, 9.17) is 11.6 Å². The summed E-state index contributed by atoms with van der Waals surface area (Å²) < 4.78 is 143. The van der Waals surface area contributed by atoms with Crippen LogP contribution in [0.3, 0.4) is 0 Å². The molecule has 0 aliphatic carbocycles. The molecule has 0 saturated heterocycles. The standard InChI is InChI=1S/C20H7ClF10O2/c21-9-5-12(23)17(13(24)6-9)8-3-14(25)18(15(26)4-8)19(27,28)32-10-1-2-16(11(22)7-10)33-20(29,30)31/h1-7H. The largest absolute Gasteiger partial charge is 0.573 e. The summed E-state index contributed by atoms with van der Waals surface area (Å²) in [6, 6.07) is 2.45. The van der Waals surface area contributed by atoms with Crippen molar-refractivity contribution >= 4 is 11.6 Å². The van der Waals surface area contributed by atoms with E-state index in [2.05, 4.69) is 9.47 Å². The highest BCUT2D eigenvalue weighted by atomic mass is 35.5. The average molecular weight is 505 g/mol. The van der Waals surface area contributed by atoms with Gasteiger partial charge in [0.15, 0.2) is 11.6 Å². The first-order valence-corrected chi connectivity index (χ1v) is 8.82. The second kappa shape index (κ2) is 8.65. The highest BCUT2D eigenvalue weighted by Gasteiger charge is 2.42. The SMILES string of the molecule is Fc1cc(OC(F)(F)c2c(F)cc(-c3c(F)cc(Cl)cc3F)cc2F)ccc1OC(F)(F)F. The maximum absolute atomic E-state index is 14.4. The Labute approximate surface area is 182 Å². The van der Waals surface area contributed by atoms with Crippen molar-refractivity contribution in [3.8, 4) is 22.6 Å². The van der Waals surface area contributed by atoms with Crippen LogP contribution in [0.25, 0.3) is 11.1 Å². The Morgan fingerprint density at radius 1 is 0.636 bits per heavy atom. The van der Waals surface area contributed by atoms with Crippen molar-refractivity contribution in [1.82, 2.24) is 0 Å². The lowest BCUT2D eigenvalue weighted by Gasteiger charge is -2.20. The third kappa shape index (κ3) is 5.44. The summed E-state index contributed by atoms with van der Waals surface area (Å²) in [4.78, 5) is 0. The number of hydrogen-bond donors (Lipinski definition) is 0. The third-order valence-electron chi connectivity index (χ3n) is 4.00. The molecule has 3 aromatic rings. The van der Waals surface area contributed by atoms with Gasteiger partial charge in [0.1, 0.15) is 34.6 Å². The quantitative estimate of drug-likeness (QED) is 0.331. The van der Waals surface area contributed by atoms with Crippen LogP contribution in [0, 0.1) is 29.1 Å². The number of hydrogen-bond acceptors (Lipinski definition) is 2. The summed E-state index contributed by atoms with van der Waals surface area (Å²) in [7, 11) is 0. The van der Waals surface area contributed by atoms with Gasteiger partial charge >= 0.3 is 12.5 Å². The Bertz CT molecular complexity index is 1160. The van der Waals surface area contributed by atoms with Crippen molar-refractivity contribution in [3.05, 3.63) is 82.1 Å². The topological polar surface area (TPSA) is 18.5 Å². The molecule has 0 heterocycles. The predicted molar refractivity (Wildman–Crippen MR) is 94.3 cm³/mol. The van der Waals surface area contributed by atoms with Gasteiger partial charge < -0.3 is 9.47 Å². The molecule has 0 saturated carbocycles. The lowest BCUT2D eigenvalue weighted by atomic mass is 10.0. The van der Waals surface area contributed by atoms with E-state index in [-0.39, 0.29) is 23.2 Å². The van der Waals surface area contributed by atoms with E-state index in [0.717, 1.165) is 0 Å². The van der Waals surface area contributed by atoms with Crippen LogP contribution in [-0.4, -0.2) is 6.36 Å². The van der Waals surface area contributed by atoms with E-state index >= 15 is 0 Å². The summed E-state index contributed by atoms with van der Waals surface area (Å²) in [5, 5.41) is -0.370. The number of ether oxygens (including phenoxy) is 2. The van der Waals surface area contributed by atoms with Gasteiger partial charge in [0.2, 0.25) is 0 Å². The minimum Gasteiger partial charge on any atom is -0.429 e. The van der Waals surface area contributed by atoms with Crippen LogP contribution in [0.2, 0.25) is 5.02 Å². The molecule has 176 valence electrons. The van der Waals surface area contributed by atoms with Gasteiger partial charge in [-0.05, 0) is 42.0 Å². The lowest BCUT2D eigenvalue weighted by Crippen LogP contribution is -2.25. The summed E-state index contributed by atoms with van der Waals surface area (Å²) in [6.45, 7) is 0. The molecule has 3 aromatic carbocycles. The minimum absolute atomic E-state index is 0.0671. The highest BCUT2D eigenvalue weighted by Crippen LogP contribution is 2.39.